The van der Waals surface area contributed by atoms with Crippen LogP contribution in [0.4, 0.5) is 0 Å². The maximum atomic E-state index is 10.4. The van der Waals surface area contributed by atoms with Gasteiger partial charge >= 0.3 is 0 Å². The summed E-state index contributed by atoms with van der Waals surface area (Å²) < 4.78 is 2.39. The summed E-state index contributed by atoms with van der Waals surface area (Å²) in [5, 5.41) is 22.1. The smallest absolute Gasteiger partial charge is 0.0998 e. The van der Waals surface area contributed by atoms with E-state index in [1.807, 2.05) is 24.5 Å². The number of rotatable bonds is 5. The Morgan fingerprint density at radius 3 is 1.64 bits per heavy atom. The molecule has 272 valence electrons. The highest BCUT2D eigenvalue weighted by atomic mass is 15.0. The molecule has 0 atom stereocenters. The monoisotopic (exact) mass is 747 g/mol. The minimum atomic E-state index is 0.674. The molecule has 3 heteroatoms. The van der Waals surface area contributed by atoms with E-state index in [1.165, 1.54) is 54.6 Å². The number of benzene rings is 10. The second-order valence-corrected chi connectivity index (χ2v) is 15.4. The lowest BCUT2D eigenvalue weighted by Crippen LogP contribution is -1.96. The van der Waals surface area contributed by atoms with Crippen LogP contribution in [0.25, 0.3) is 115 Å². The first-order valence-corrected chi connectivity index (χ1v) is 20.0. The molecule has 0 amide bonds. The summed E-state index contributed by atoms with van der Waals surface area (Å²) in [4.78, 5) is 4.48. The van der Waals surface area contributed by atoms with E-state index < -0.39 is 0 Å². The molecule has 12 rings (SSSR count). The molecular formula is C56H33N3. The van der Waals surface area contributed by atoms with Gasteiger partial charge in [-0.3, -0.25) is 4.98 Å². The molecule has 0 saturated heterocycles. The van der Waals surface area contributed by atoms with Gasteiger partial charge < -0.3 is 4.57 Å². The number of nitriles is 1. The molecule has 2 aromatic heterocycles. The van der Waals surface area contributed by atoms with Crippen molar-refractivity contribution in [3.8, 4) is 56.3 Å². The fourth-order valence-corrected chi connectivity index (χ4v) is 9.74. The number of fused-ring (bicyclic) bond motifs is 3. The van der Waals surface area contributed by atoms with E-state index >= 15 is 0 Å². The van der Waals surface area contributed by atoms with E-state index in [0.717, 1.165) is 60.5 Å². The summed E-state index contributed by atoms with van der Waals surface area (Å²) in [6.45, 7) is 0. The van der Waals surface area contributed by atoms with Gasteiger partial charge in [0.2, 0.25) is 0 Å². The predicted octanol–water partition coefficient (Wildman–Crippen LogP) is 14.8. The van der Waals surface area contributed by atoms with Gasteiger partial charge in [-0.1, -0.05) is 146 Å². The standard InChI is InChI=1S/C56H33N3/c57-33-37-23-27-51-55-43(37)24-25-50-49(26-28-52(56(50)55)59(51)41-31-39(35-12-2-1-3-13-35)30-40(32-41)38-16-11-29-58-34-38)54-47-20-8-6-18-45(47)53(46-19-7-9-21-48(46)54)44-22-10-15-36-14-4-5-17-42(36)44/h1-32,34H. The fourth-order valence-electron chi connectivity index (χ4n) is 9.74. The first-order valence-electron chi connectivity index (χ1n) is 20.0. The van der Waals surface area contributed by atoms with Crippen LogP contribution in [0.2, 0.25) is 0 Å². The molecule has 0 aliphatic rings. The average molecular weight is 748 g/mol. The van der Waals surface area contributed by atoms with Crippen molar-refractivity contribution in [3.63, 3.8) is 0 Å². The largest absolute Gasteiger partial charge is 0.309 e. The predicted molar refractivity (Wildman–Crippen MR) is 246 cm³/mol. The van der Waals surface area contributed by atoms with Crippen molar-refractivity contribution in [3.05, 3.63) is 206 Å². The molecule has 59 heavy (non-hydrogen) atoms. The number of nitrogens with zero attached hydrogens (tertiary/aromatic N) is 3. The molecule has 12 aromatic rings. The second-order valence-electron chi connectivity index (χ2n) is 15.4. The van der Waals surface area contributed by atoms with Crippen molar-refractivity contribution in [2.24, 2.45) is 0 Å². The Labute approximate surface area is 340 Å². The molecule has 0 bridgehead atoms. The Morgan fingerprint density at radius 2 is 0.966 bits per heavy atom. The Bertz CT molecular complexity index is 3550. The summed E-state index contributed by atoms with van der Waals surface area (Å²) in [7, 11) is 0. The highest BCUT2D eigenvalue weighted by molar-refractivity contribution is 6.31. The third kappa shape index (κ3) is 4.97. The van der Waals surface area contributed by atoms with E-state index in [1.54, 1.807) is 0 Å². The first kappa shape index (κ1) is 33.1. The third-order valence-corrected chi connectivity index (χ3v) is 12.3. The zero-order valence-corrected chi connectivity index (χ0v) is 31.9. The molecule has 3 nitrogen and oxygen atoms in total. The van der Waals surface area contributed by atoms with Crippen molar-refractivity contribution in [1.29, 1.82) is 5.26 Å². The molecule has 0 aliphatic heterocycles. The van der Waals surface area contributed by atoms with Crippen molar-refractivity contribution < 1.29 is 0 Å². The Balaban J connectivity index is 1.18. The zero-order valence-electron chi connectivity index (χ0n) is 31.9. The van der Waals surface area contributed by atoms with Crippen LogP contribution in [0.3, 0.4) is 0 Å². The molecule has 2 heterocycles. The van der Waals surface area contributed by atoms with Gasteiger partial charge in [0.05, 0.1) is 22.7 Å². The minimum absolute atomic E-state index is 0.674. The Hall–Kier alpha value is -8.06. The Morgan fingerprint density at radius 1 is 0.407 bits per heavy atom. The number of hydrogen-bond donors (Lipinski definition) is 0. The Kier molecular flexibility index (Phi) is 7.29. The molecule has 0 spiro atoms. The third-order valence-electron chi connectivity index (χ3n) is 12.3. The van der Waals surface area contributed by atoms with Crippen LogP contribution in [0.15, 0.2) is 200 Å². The number of pyridine rings is 1. The van der Waals surface area contributed by atoms with E-state index in [0.29, 0.717) is 5.56 Å². The van der Waals surface area contributed by atoms with Gasteiger partial charge in [-0.15, -0.1) is 0 Å². The highest BCUT2D eigenvalue weighted by Crippen LogP contribution is 2.49. The highest BCUT2D eigenvalue weighted by Gasteiger charge is 2.24. The van der Waals surface area contributed by atoms with Gasteiger partial charge in [0.1, 0.15) is 0 Å². The van der Waals surface area contributed by atoms with Crippen LogP contribution < -0.4 is 0 Å². The van der Waals surface area contributed by atoms with Gasteiger partial charge in [-0.25, -0.2) is 0 Å². The van der Waals surface area contributed by atoms with Crippen LogP contribution >= 0.6 is 0 Å². The molecule has 0 fully saturated rings. The molecule has 0 N–H and O–H groups in total. The van der Waals surface area contributed by atoms with E-state index in [4.69, 9.17) is 0 Å². The van der Waals surface area contributed by atoms with E-state index in [2.05, 4.69) is 192 Å². The first-order chi connectivity index (χ1) is 29.2. The summed E-state index contributed by atoms with van der Waals surface area (Å²) >= 11 is 0. The van der Waals surface area contributed by atoms with Crippen LogP contribution in [-0.4, -0.2) is 9.55 Å². The summed E-state index contributed by atoms with van der Waals surface area (Å²) in [6, 6.07) is 70.2. The average Bonchev–Trinajstić information content (AvgIpc) is 3.65. The summed E-state index contributed by atoms with van der Waals surface area (Å²) in [5.41, 5.74) is 13.2. The quantitative estimate of drug-likeness (QED) is 0.130. The van der Waals surface area contributed by atoms with Crippen molar-refractivity contribution in [2.45, 2.75) is 0 Å². The maximum Gasteiger partial charge on any atom is 0.0998 e. The molecule has 0 saturated carbocycles. The van der Waals surface area contributed by atoms with Crippen LogP contribution in [0, 0.1) is 11.3 Å². The molecule has 0 unspecified atom stereocenters. The van der Waals surface area contributed by atoms with Gasteiger partial charge in [-0.2, -0.15) is 5.26 Å². The molecular weight excluding hydrogens is 715 g/mol. The molecule has 0 aliphatic carbocycles. The van der Waals surface area contributed by atoms with Crippen LogP contribution in [0.5, 0.6) is 0 Å². The lowest BCUT2D eigenvalue weighted by molar-refractivity contribution is 1.18. The van der Waals surface area contributed by atoms with Crippen molar-refractivity contribution >= 4 is 64.9 Å². The minimum Gasteiger partial charge on any atom is -0.309 e. The topological polar surface area (TPSA) is 41.6 Å². The van der Waals surface area contributed by atoms with Gasteiger partial charge in [0, 0.05) is 39.8 Å². The summed E-state index contributed by atoms with van der Waals surface area (Å²) in [5.74, 6) is 0. The lowest BCUT2D eigenvalue weighted by atomic mass is 9.83. The summed E-state index contributed by atoms with van der Waals surface area (Å²) in [6.07, 6.45) is 3.75. The maximum absolute atomic E-state index is 10.4. The normalized spacial score (nSPS) is 11.7. The van der Waals surface area contributed by atoms with Crippen LogP contribution in [0.1, 0.15) is 5.56 Å². The van der Waals surface area contributed by atoms with E-state index in [-0.39, 0.29) is 0 Å². The zero-order chi connectivity index (χ0) is 39.0. The SMILES string of the molecule is N#Cc1ccc2c3c1ccc1c(-c4c5ccccc5c(-c5cccc6ccccc56)c5ccccc45)ccc(c13)n2-c1cc(-c2ccccc2)cc(-c2cccnc2)c1. The molecule has 0 radical (unpaired) electrons. The molecule has 10 aromatic carbocycles. The van der Waals surface area contributed by atoms with Crippen molar-refractivity contribution in [2.75, 3.05) is 0 Å². The van der Waals surface area contributed by atoms with Gasteiger partial charge in [-0.05, 0) is 119 Å². The number of hydrogen-bond acceptors (Lipinski definition) is 2. The van der Waals surface area contributed by atoms with Crippen LogP contribution in [-0.2, 0) is 0 Å². The van der Waals surface area contributed by atoms with E-state index in [9.17, 15) is 5.26 Å². The lowest BCUT2D eigenvalue weighted by Gasteiger charge is -2.20. The van der Waals surface area contributed by atoms with Crippen molar-refractivity contribution in [1.82, 2.24) is 9.55 Å². The van der Waals surface area contributed by atoms with Gasteiger partial charge in [0.15, 0.2) is 0 Å². The number of aromatic nitrogens is 2. The fraction of sp³-hybridized carbons (Fsp3) is 0. The second kappa shape index (κ2) is 13.0. The van der Waals surface area contributed by atoms with Gasteiger partial charge in [0.25, 0.3) is 0 Å².